The molecule has 0 spiro atoms. The number of hydrogen-bond acceptors (Lipinski definition) is 3. The Morgan fingerprint density at radius 1 is 0.333 bits per heavy atom. The number of aromatic nitrogens is 4. The molecular weight excluding hydrogens is 803 g/mol. The molecule has 0 saturated carbocycles. The topological polar surface area (TPSA) is 38.9 Å². The second-order valence-corrected chi connectivity index (χ2v) is 17.8. The van der Waals surface area contributed by atoms with Crippen molar-refractivity contribution in [2.75, 3.05) is 4.90 Å². The molecule has 13 rings (SSSR count). The number of rotatable bonds is 6. The summed E-state index contributed by atoms with van der Waals surface area (Å²) >= 11 is 0. The van der Waals surface area contributed by atoms with Gasteiger partial charge in [0.05, 0.1) is 44.8 Å². The van der Waals surface area contributed by atoms with Crippen molar-refractivity contribution in [2.24, 2.45) is 0 Å². The van der Waals surface area contributed by atoms with Crippen LogP contribution in [0.5, 0.6) is 0 Å². The lowest BCUT2D eigenvalue weighted by atomic mass is 9.73. The Labute approximate surface area is 383 Å². The highest BCUT2D eigenvalue weighted by Crippen LogP contribution is 2.53. The van der Waals surface area contributed by atoms with Gasteiger partial charge in [-0.1, -0.05) is 159 Å². The molecule has 0 atom stereocenters. The van der Waals surface area contributed by atoms with Crippen molar-refractivity contribution >= 4 is 60.7 Å². The first kappa shape index (κ1) is 38.0. The van der Waals surface area contributed by atoms with Crippen LogP contribution in [0.25, 0.3) is 88.9 Å². The summed E-state index contributed by atoms with van der Waals surface area (Å²) in [6.45, 7) is 4.78. The van der Waals surface area contributed by atoms with Gasteiger partial charge in [-0.25, -0.2) is 9.97 Å². The van der Waals surface area contributed by atoms with E-state index in [2.05, 4.69) is 228 Å². The molecule has 0 saturated heterocycles. The van der Waals surface area contributed by atoms with E-state index in [-0.39, 0.29) is 5.41 Å². The molecular formula is C61H43N5. The molecule has 5 nitrogen and oxygen atoms in total. The number of hydrogen-bond donors (Lipinski definition) is 0. The smallest absolute Gasteiger partial charge is 0.160 e. The van der Waals surface area contributed by atoms with Crippen molar-refractivity contribution in [2.45, 2.75) is 19.3 Å². The fourth-order valence-electron chi connectivity index (χ4n) is 10.5. The van der Waals surface area contributed by atoms with E-state index in [0.717, 1.165) is 56.5 Å². The third kappa shape index (κ3) is 5.87. The third-order valence-electron chi connectivity index (χ3n) is 13.7. The van der Waals surface area contributed by atoms with Crippen molar-refractivity contribution in [3.63, 3.8) is 0 Å². The summed E-state index contributed by atoms with van der Waals surface area (Å²) in [5.74, 6) is 0.704. The molecule has 1 aliphatic rings. The Morgan fingerprint density at radius 2 is 0.697 bits per heavy atom. The summed E-state index contributed by atoms with van der Waals surface area (Å²) in [6, 6.07) is 80.8. The molecule has 12 aromatic rings. The predicted molar refractivity (Wildman–Crippen MR) is 274 cm³/mol. The van der Waals surface area contributed by atoms with Crippen LogP contribution in [0.2, 0.25) is 0 Å². The highest BCUT2D eigenvalue weighted by Gasteiger charge is 2.38. The van der Waals surface area contributed by atoms with Crippen molar-refractivity contribution in [1.82, 2.24) is 19.1 Å². The van der Waals surface area contributed by atoms with Gasteiger partial charge in [-0.2, -0.15) is 0 Å². The zero-order valence-corrected chi connectivity index (χ0v) is 36.6. The van der Waals surface area contributed by atoms with Gasteiger partial charge >= 0.3 is 0 Å². The van der Waals surface area contributed by atoms with Crippen LogP contribution in [-0.4, -0.2) is 19.1 Å². The average Bonchev–Trinajstić information content (AvgIpc) is 3.90. The van der Waals surface area contributed by atoms with Gasteiger partial charge in [0.25, 0.3) is 0 Å². The third-order valence-corrected chi connectivity index (χ3v) is 13.7. The van der Waals surface area contributed by atoms with E-state index in [9.17, 15) is 0 Å². The summed E-state index contributed by atoms with van der Waals surface area (Å²) in [4.78, 5) is 12.7. The minimum atomic E-state index is -0.368. The van der Waals surface area contributed by atoms with E-state index in [4.69, 9.17) is 9.97 Å². The van der Waals surface area contributed by atoms with E-state index in [1.54, 1.807) is 0 Å². The van der Waals surface area contributed by atoms with Crippen LogP contribution < -0.4 is 4.90 Å². The normalized spacial score (nSPS) is 13.1. The van der Waals surface area contributed by atoms with Crippen LogP contribution in [-0.2, 0) is 5.41 Å². The highest BCUT2D eigenvalue weighted by molar-refractivity contribution is 6.10. The lowest BCUT2D eigenvalue weighted by Gasteiger charge is -2.42. The molecule has 5 heteroatoms. The van der Waals surface area contributed by atoms with Crippen molar-refractivity contribution < 1.29 is 0 Å². The molecule has 1 aliphatic heterocycles. The van der Waals surface area contributed by atoms with E-state index in [0.29, 0.717) is 5.82 Å². The molecule has 0 unspecified atom stereocenters. The number of benzene rings is 9. The molecule has 0 radical (unpaired) electrons. The molecule has 4 heterocycles. The summed E-state index contributed by atoms with van der Waals surface area (Å²) in [5, 5.41) is 5.01. The quantitative estimate of drug-likeness (QED) is 0.167. The lowest BCUT2D eigenvalue weighted by Crippen LogP contribution is -2.31. The molecule has 0 bridgehead atoms. The average molecular weight is 846 g/mol. The van der Waals surface area contributed by atoms with Crippen LogP contribution in [0.3, 0.4) is 0 Å². The largest absolute Gasteiger partial charge is 0.310 e. The Balaban J connectivity index is 1.00. The first-order chi connectivity index (χ1) is 32.5. The van der Waals surface area contributed by atoms with Gasteiger partial charge in [0.2, 0.25) is 0 Å². The zero-order chi connectivity index (χ0) is 43.9. The SMILES string of the molecule is CC1(C)c2cc(-n3c4ccccc4c4ccccc43)ccc2N(c2ccc(-c3cc(-c4ccccc4)nc(-c4ccccc4)n3)cc2)c2ccc(-n3c4ccccc4c4ccccc43)cc21. The molecule has 312 valence electrons. The molecule has 3 aromatic heterocycles. The molecule has 9 aromatic carbocycles. The summed E-state index contributed by atoms with van der Waals surface area (Å²) in [7, 11) is 0. The maximum absolute atomic E-state index is 5.16. The van der Waals surface area contributed by atoms with Crippen LogP contribution in [0.4, 0.5) is 17.1 Å². The van der Waals surface area contributed by atoms with Crippen LogP contribution in [0.1, 0.15) is 25.0 Å². The van der Waals surface area contributed by atoms with E-state index in [1.165, 1.54) is 54.7 Å². The van der Waals surface area contributed by atoms with Gasteiger partial charge < -0.3 is 14.0 Å². The Hall–Kier alpha value is -8.54. The summed E-state index contributed by atoms with van der Waals surface area (Å²) < 4.78 is 4.86. The summed E-state index contributed by atoms with van der Waals surface area (Å²) in [6.07, 6.45) is 0. The van der Waals surface area contributed by atoms with Crippen LogP contribution >= 0.6 is 0 Å². The van der Waals surface area contributed by atoms with Gasteiger partial charge in [-0.15, -0.1) is 0 Å². The van der Waals surface area contributed by atoms with Crippen LogP contribution in [0, 0.1) is 0 Å². The minimum Gasteiger partial charge on any atom is -0.310 e. The maximum Gasteiger partial charge on any atom is 0.160 e. The first-order valence-corrected chi connectivity index (χ1v) is 22.7. The Morgan fingerprint density at radius 3 is 1.14 bits per heavy atom. The van der Waals surface area contributed by atoms with Gasteiger partial charge in [0, 0.05) is 60.7 Å². The minimum absolute atomic E-state index is 0.368. The number of fused-ring (bicyclic) bond motifs is 8. The Bertz CT molecular complexity index is 3510. The molecule has 0 amide bonds. The second kappa shape index (κ2) is 14.8. The van der Waals surface area contributed by atoms with E-state index >= 15 is 0 Å². The van der Waals surface area contributed by atoms with Crippen molar-refractivity contribution in [3.8, 4) is 45.3 Å². The zero-order valence-electron chi connectivity index (χ0n) is 36.6. The fraction of sp³-hybridized carbons (Fsp3) is 0.0492. The maximum atomic E-state index is 5.16. The molecule has 0 N–H and O–H groups in total. The van der Waals surface area contributed by atoms with Gasteiger partial charge in [0.15, 0.2) is 5.82 Å². The van der Waals surface area contributed by atoms with Crippen LogP contribution in [0.15, 0.2) is 224 Å². The first-order valence-electron chi connectivity index (χ1n) is 22.7. The fourth-order valence-corrected chi connectivity index (χ4v) is 10.5. The van der Waals surface area contributed by atoms with Gasteiger partial charge in [0.1, 0.15) is 0 Å². The van der Waals surface area contributed by atoms with E-state index in [1.807, 2.05) is 24.3 Å². The number of nitrogens with zero attached hydrogens (tertiary/aromatic N) is 5. The van der Waals surface area contributed by atoms with E-state index < -0.39 is 0 Å². The highest BCUT2D eigenvalue weighted by atomic mass is 15.2. The molecule has 0 fully saturated rings. The van der Waals surface area contributed by atoms with Crippen molar-refractivity contribution in [1.29, 1.82) is 0 Å². The van der Waals surface area contributed by atoms with Crippen molar-refractivity contribution in [3.05, 3.63) is 236 Å². The number of anilines is 3. The standard InChI is InChI=1S/C61H43N5/c1-61(2)50-37-44(65-54-25-13-9-21-46(54)47-22-10-14-26-55(47)65)33-35-58(50)64(59-36-34-45(38-51(59)61)66-56-27-15-11-23-48(56)49-24-12-16-28-57(49)66)43-31-29-41(30-32-43)53-39-52(40-17-5-3-6-18-40)62-60(63-53)42-19-7-4-8-20-42/h3-39H,1-2H3. The molecule has 66 heavy (non-hydrogen) atoms. The molecule has 0 aliphatic carbocycles. The summed E-state index contributed by atoms with van der Waals surface area (Å²) in [5.41, 5.74) is 17.5. The van der Waals surface area contributed by atoms with Gasteiger partial charge in [-0.3, -0.25) is 0 Å². The number of para-hydroxylation sites is 4. The monoisotopic (exact) mass is 845 g/mol. The van der Waals surface area contributed by atoms with Gasteiger partial charge in [-0.05, 0) is 90.0 Å². The predicted octanol–water partition coefficient (Wildman–Crippen LogP) is 15.8. The lowest BCUT2D eigenvalue weighted by molar-refractivity contribution is 0.631. The second-order valence-electron chi connectivity index (χ2n) is 17.8. The Kier molecular flexibility index (Phi) is 8.49.